The van der Waals surface area contributed by atoms with Gasteiger partial charge >= 0.3 is 51.4 Å². The van der Waals surface area contributed by atoms with E-state index in [9.17, 15) is 0 Å². The van der Waals surface area contributed by atoms with E-state index < -0.39 is 5.97 Å². The van der Waals surface area contributed by atoms with Crippen LogP contribution in [-0.4, -0.2) is 37.7 Å². The van der Waals surface area contributed by atoms with Crippen LogP contribution < -0.4 is 61.8 Å². The molecule has 6 heteroatoms. The van der Waals surface area contributed by atoms with Gasteiger partial charge in [0.1, 0.15) is 0 Å². The number of carbonyl (C=O) groups excluding carboxylic acids is 1. The SMILES string of the molecule is C1COCCN1.CC(=O)[O-].O.[K+]. The van der Waals surface area contributed by atoms with E-state index in [1.165, 1.54) is 0 Å². The van der Waals surface area contributed by atoms with Gasteiger partial charge in [0.2, 0.25) is 0 Å². The number of carbonyl (C=O) groups is 1. The molecule has 1 aliphatic heterocycles. The first kappa shape index (κ1) is 18.7. The summed E-state index contributed by atoms with van der Waals surface area (Å²) < 4.78 is 5.01. The van der Waals surface area contributed by atoms with Crippen molar-refractivity contribution in [2.75, 3.05) is 26.3 Å². The Bertz CT molecular complexity index is 82.0. The zero-order valence-corrected chi connectivity index (χ0v) is 10.7. The zero-order valence-electron chi connectivity index (χ0n) is 7.55. The molecule has 12 heavy (non-hydrogen) atoms. The topological polar surface area (TPSA) is 92.9 Å². The van der Waals surface area contributed by atoms with Crippen LogP contribution in [0.15, 0.2) is 0 Å². The Kier molecular flexibility index (Phi) is 22.6. The Balaban J connectivity index is -0.000000124. The van der Waals surface area contributed by atoms with Crippen molar-refractivity contribution >= 4 is 5.97 Å². The first-order valence-electron chi connectivity index (χ1n) is 3.19. The summed E-state index contributed by atoms with van der Waals surface area (Å²) in [7, 11) is 0. The molecule has 5 nitrogen and oxygen atoms in total. The second kappa shape index (κ2) is 14.5. The molecule has 0 amide bonds. The largest absolute Gasteiger partial charge is 1.00 e. The van der Waals surface area contributed by atoms with E-state index in [4.69, 9.17) is 14.6 Å². The van der Waals surface area contributed by atoms with Gasteiger partial charge in [0.05, 0.1) is 13.2 Å². The van der Waals surface area contributed by atoms with Gasteiger partial charge in [-0.25, -0.2) is 0 Å². The molecule has 0 spiro atoms. The molecule has 1 saturated heterocycles. The van der Waals surface area contributed by atoms with Crippen molar-refractivity contribution in [2.24, 2.45) is 0 Å². The van der Waals surface area contributed by atoms with Crippen molar-refractivity contribution in [3.63, 3.8) is 0 Å². The molecule has 0 aliphatic carbocycles. The van der Waals surface area contributed by atoms with Gasteiger partial charge in [0, 0.05) is 19.1 Å². The predicted molar refractivity (Wildman–Crippen MR) is 38.0 cm³/mol. The van der Waals surface area contributed by atoms with Gasteiger partial charge in [0.15, 0.2) is 0 Å². The van der Waals surface area contributed by atoms with Gasteiger partial charge in [-0.15, -0.1) is 0 Å². The molecule has 1 fully saturated rings. The molecular formula is C6H14KNO4. The molecule has 0 radical (unpaired) electrons. The maximum Gasteiger partial charge on any atom is 1.00 e. The minimum absolute atomic E-state index is 0. The van der Waals surface area contributed by atoms with Crippen LogP contribution >= 0.6 is 0 Å². The van der Waals surface area contributed by atoms with Crippen LogP contribution in [0.1, 0.15) is 6.92 Å². The summed E-state index contributed by atoms with van der Waals surface area (Å²) in [4.78, 5) is 8.89. The summed E-state index contributed by atoms with van der Waals surface area (Å²) in [5.74, 6) is -1.08. The monoisotopic (exact) mass is 203 g/mol. The molecule has 0 aromatic heterocycles. The van der Waals surface area contributed by atoms with Crippen LogP contribution in [0.4, 0.5) is 0 Å². The van der Waals surface area contributed by atoms with E-state index >= 15 is 0 Å². The molecule has 1 aliphatic rings. The third kappa shape index (κ3) is 22.4. The third-order valence-electron chi connectivity index (χ3n) is 0.846. The van der Waals surface area contributed by atoms with Crippen LogP contribution in [0.2, 0.25) is 0 Å². The molecule has 1 heterocycles. The summed E-state index contributed by atoms with van der Waals surface area (Å²) in [6.07, 6.45) is 0. The minimum Gasteiger partial charge on any atom is -0.550 e. The van der Waals surface area contributed by atoms with Crippen molar-refractivity contribution in [2.45, 2.75) is 6.92 Å². The van der Waals surface area contributed by atoms with E-state index in [0.29, 0.717) is 0 Å². The van der Waals surface area contributed by atoms with Gasteiger partial charge < -0.3 is 25.4 Å². The Morgan fingerprint density at radius 2 is 1.75 bits per heavy atom. The number of nitrogens with one attached hydrogen (secondary N) is 1. The van der Waals surface area contributed by atoms with Gasteiger partial charge in [-0.1, -0.05) is 0 Å². The fourth-order valence-electron chi connectivity index (χ4n) is 0.516. The second-order valence-electron chi connectivity index (χ2n) is 1.85. The predicted octanol–water partition coefficient (Wildman–Crippen LogP) is -5.46. The summed E-state index contributed by atoms with van der Waals surface area (Å²) in [6.45, 7) is 4.81. The summed E-state index contributed by atoms with van der Waals surface area (Å²) >= 11 is 0. The summed E-state index contributed by atoms with van der Waals surface area (Å²) in [5, 5.41) is 12.0. The van der Waals surface area contributed by atoms with E-state index in [2.05, 4.69) is 5.32 Å². The van der Waals surface area contributed by atoms with Crippen LogP contribution in [-0.2, 0) is 9.53 Å². The number of aliphatic carboxylic acids is 1. The Labute approximate surface area is 115 Å². The Morgan fingerprint density at radius 1 is 1.42 bits per heavy atom. The van der Waals surface area contributed by atoms with Crippen molar-refractivity contribution in [3.05, 3.63) is 0 Å². The molecular weight excluding hydrogens is 189 g/mol. The van der Waals surface area contributed by atoms with E-state index in [1.54, 1.807) is 0 Å². The Hall–Kier alpha value is 0.986. The third-order valence-corrected chi connectivity index (χ3v) is 0.846. The number of morpholine rings is 1. The summed E-state index contributed by atoms with van der Waals surface area (Å²) in [5.41, 5.74) is 0. The number of hydrogen-bond donors (Lipinski definition) is 1. The molecule has 0 bridgehead atoms. The average Bonchev–Trinajstić information content (AvgIpc) is 1.90. The van der Waals surface area contributed by atoms with Crippen LogP contribution in [0.25, 0.3) is 0 Å². The first-order valence-corrected chi connectivity index (χ1v) is 3.19. The normalized spacial score (nSPS) is 14.1. The molecule has 0 atom stereocenters. The van der Waals surface area contributed by atoms with Gasteiger partial charge in [-0.3, -0.25) is 0 Å². The van der Waals surface area contributed by atoms with Crippen LogP contribution in [0.3, 0.4) is 0 Å². The number of hydrogen-bond acceptors (Lipinski definition) is 4. The smallest absolute Gasteiger partial charge is 0.550 e. The van der Waals surface area contributed by atoms with Gasteiger partial charge in [-0.05, 0) is 6.92 Å². The van der Waals surface area contributed by atoms with E-state index in [0.717, 1.165) is 33.2 Å². The second-order valence-corrected chi connectivity index (χ2v) is 1.85. The molecule has 0 aromatic carbocycles. The number of ether oxygens (including phenoxy) is 1. The van der Waals surface area contributed by atoms with Crippen molar-refractivity contribution in [1.29, 1.82) is 0 Å². The molecule has 1 rings (SSSR count). The maximum atomic E-state index is 8.89. The maximum absolute atomic E-state index is 8.89. The minimum atomic E-state index is -1.08. The van der Waals surface area contributed by atoms with E-state index in [-0.39, 0.29) is 56.9 Å². The molecule has 0 unspecified atom stereocenters. The quantitative estimate of drug-likeness (QED) is 0.398. The van der Waals surface area contributed by atoms with Crippen molar-refractivity contribution in [3.8, 4) is 0 Å². The number of carboxylic acids is 1. The fraction of sp³-hybridized carbons (Fsp3) is 0.833. The van der Waals surface area contributed by atoms with Crippen molar-refractivity contribution < 1.29 is 71.5 Å². The number of rotatable bonds is 0. The van der Waals surface area contributed by atoms with Crippen molar-refractivity contribution in [1.82, 2.24) is 5.32 Å². The van der Waals surface area contributed by atoms with Crippen LogP contribution in [0.5, 0.6) is 0 Å². The number of carboxylic acid groups (broad SMARTS) is 1. The first-order chi connectivity index (χ1) is 4.73. The van der Waals surface area contributed by atoms with E-state index in [1.807, 2.05) is 0 Å². The standard InChI is InChI=1S/C4H9NO.C2H4O2.K.H2O/c1-3-6-4-2-5-1;1-2(3)4;;/h5H,1-4H2;1H3,(H,3,4);;1H2/q;;+1;/p-1. The average molecular weight is 203 g/mol. The fourth-order valence-corrected chi connectivity index (χ4v) is 0.516. The van der Waals surface area contributed by atoms with Gasteiger partial charge in [0.25, 0.3) is 0 Å². The molecule has 0 aromatic rings. The molecule has 3 N–H and O–H groups in total. The summed E-state index contributed by atoms with van der Waals surface area (Å²) in [6, 6.07) is 0. The van der Waals surface area contributed by atoms with Gasteiger partial charge in [-0.2, -0.15) is 0 Å². The Morgan fingerprint density at radius 3 is 1.83 bits per heavy atom. The molecule has 68 valence electrons. The van der Waals surface area contributed by atoms with Crippen LogP contribution in [0, 0.1) is 0 Å². The molecule has 0 saturated carbocycles. The zero-order chi connectivity index (χ0) is 7.82.